The highest BCUT2D eigenvalue weighted by Crippen LogP contribution is 2.25. The Kier molecular flexibility index (Phi) is 4.93. The van der Waals surface area contributed by atoms with Crippen LogP contribution in [0.3, 0.4) is 0 Å². The molecule has 4 heteroatoms. The number of aromatic nitrogens is 1. The average Bonchev–Trinajstić information content (AvgIpc) is 2.82. The van der Waals surface area contributed by atoms with Crippen molar-refractivity contribution in [3.8, 4) is 5.75 Å². The van der Waals surface area contributed by atoms with Gasteiger partial charge in [0.1, 0.15) is 5.75 Å². The lowest BCUT2D eigenvalue weighted by atomic mass is 10.0. The van der Waals surface area contributed by atoms with Gasteiger partial charge in [-0.05, 0) is 19.4 Å². The van der Waals surface area contributed by atoms with Crippen LogP contribution < -0.4 is 5.32 Å². The molecule has 2 N–H and O–H groups in total. The highest BCUT2D eigenvalue weighted by atomic mass is 32.1. The van der Waals surface area contributed by atoms with Gasteiger partial charge in [0.2, 0.25) is 0 Å². The third-order valence-corrected chi connectivity index (χ3v) is 4.14. The van der Waals surface area contributed by atoms with Crippen molar-refractivity contribution in [2.45, 2.75) is 32.7 Å². The van der Waals surface area contributed by atoms with Crippen molar-refractivity contribution in [1.82, 2.24) is 10.3 Å². The number of benzene rings is 1. The molecule has 1 heterocycles. The molecule has 0 radical (unpaired) electrons. The Labute approximate surface area is 118 Å². The molecule has 1 atom stereocenters. The molecule has 2 aromatic rings. The summed E-state index contributed by atoms with van der Waals surface area (Å²) in [5, 5.41) is 16.6. The van der Waals surface area contributed by atoms with Crippen LogP contribution >= 0.6 is 11.3 Å². The largest absolute Gasteiger partial charge is 0.508 e. The summed E-state index contributed by atoms with van der Waals surface area (Å²) in [6.45, 7) is 5.02. The zero-order valence-corrected chi connectivity index (χ0v) is 12.2. The number of aromatic hydroxyl groups is 1. The summed E-state index contributed by atoms with van der Waals surface area (Å²) in [5.41, 5.74) is 2.06. The predicted octanol–water partition coefficient (Wildman–Crippen LogP) is 3.44. The van der Waals surface area contributed by atoms with E-state index < -0.39 is 0 Å². The molecule has 0 aliphatic rings. The minimum absolute atomic E-state index is 0.197. The van der Waals surface area contributed by atoms with Gasteiger partial charge in [-0.2, -0.15) is 0 Å². The summed E-state index contributed by atoms with van der Waals surface area (Å²) in [7, 11) is 0. The lowest BCUT2D eigenvalue weighted by Crippen LogP contribution is -2.23. The topological polar surface area (TPSA) is 45.2 Å². The molecule has 0 saturated heterocycles. The molecular formula is C15H20N2OS. The van der Waals surface area contributed by atoms with Crippen LogP contribution in [0.15, 0.2) is 29.6 Å². The van der Waals surface area contributed by atoms with Crippen molar-refractivity contribution in [1.29, 1.82) is 0 Å². The maximum Gasteiger partial charge on any atom is 0.120 e. The highest BCUT2D eigenvalue weighted by Gasteiger charge is 2.12. The SMILES string of the molecule is CCC(NCCc1nc(C)cs1)c1ccccc1O. The number of nitrogens with one attached hydrogen (secondary N) is 1. The third kappa shape index (κ3) is 3.78. The van der Waals surface area contributed by atoms with Gasteiger partial charge in [-0.25, -0.2) is 4.98 Å². The molecule has 3 nitrogen and oxygen atoms in total. The van der Waals surface area contributed by atoms with Gasteiger partial charge in [-0.1, -0.05) is 25.1 Å². The van der Waals surface area contributed by atoms with Crippen molar-refractivity contribution < 1.29 is 5.11 Å². The summed E-state index contributed by atoms with van der Waals surface area (Å²) in [4.78, 5) is 4.45. The zero-order chi connectivity index (χ0) is 13.7. The van der Waals surface area contributed by atoms with Gasteiger partial charge >= 0.3 is 0 Å². The Morgan fingerprint density at radius 1 is 1.37 bits per heavy atom. The van der Waals surface area contributed by atoms with Gasteiger partial charge in [-0.15, -0.1) is 11.3 Å². The van der Waals surface area contributed by atoms with Gasteiger partial charge in [-0.3, -0.25) is 0 Å². The molecule has 19 heavy (non-hydrogen) atoms. The second-order valence-electron chi connectivity index (χ2n) is 4.61. The smallest absolute Gasteiger partial charge is 0.120 e. The molecule has 2 rings (SSSR count). The Morgan fingerprint density at radius 3 is 2.79 bits per heavy atom. The van der Waals surface area contributed by atoms with E-state index in [0.717, 1.165) is 35.7 Å². The molecule has 1 aromatic heterocycles. The van der Waals surface area contributed by atoms with Crippen molar-refractivity contribution in [2.24, 2.45) is 0 Å². The molecule has 0 spiro atoms. The van der Waals surface area contributed by atoms with E-state index in [0.29, 0.717) is 5.75 Å². The minimum Gasteiger partial charge on any atom is -0.508 e. The van der Waals surface area contributed by atoms with Gasteiger partial charge in [0.05, 0.1) is 5.01 Å². The Bertz CT molecular complexity index is 524. The standard InChI is InChI=1S/C15H20N2OS/c1-3-13(12-6-4-5-7-14(12)18)16-9-8-15-17-11(2)10-19-15/h4-7,10,13,16,18H,3,8-9H2,1-2H3. The van der Waals surface area contributed by atoms with E-state index >= 15 is 0 Å². The van der Waals surface area contributed by atoms with Crippen molar-refractivity contribution >= 4 is 11.3 Å². The molecule has 0 aliphatic carbocycles. The molecule has 0 bridgehead atoms. The maximum absolute atomic E-state index is 9.88. The molecular weight excluding hydrogens is 256 g/mol. The van der Waals surface area contributed by atoms with Crippen molar-refractivity contribution in [3.05, 3.63) is 45.9 Å². The number of phenolic OH excluding ortho intramolecular Hbond substituents is 1. The maximum atomic E-state index is 9.88. The monoisotopic (exact) mass is 276 g/mol. The van der Waals surface area contributed by atoms with E-state index in [4.69, 9.17) is 0 Å². The normalized spacial score (nSPS) is 12.5. The van der Waals surface area contributed by atoms with Gasteiger partial charge in [0, 0.05) is 35.6 Å². The Morgan fingerprint density at radius 2 is 2.16 bits per heavy atom. The number of hydrogen-bond donors (Lipinski definition) is 2. The van der Waals surface area contributed by atoms with E-state index in [9.17, 15) is 5.11 Å². The average molecular weight is 276 g/mol. The van der Waals surface area contributed by atoms with Crippen LogP contribution in [0.1, 0.15) is 35.7 Å². The first-order chi connectivity index (χ1) is 9.20. The summed E-state index contributed by atoms with van der Waals surface area (Å²) in [6.07, 6.45) is 1.89. The molecule has 0 amide bonds. The first kappa shape index (κ1) is 14.0. The van der Waals surface area contributed by atoms with Crippen LogP contribution in [0.2, 0.25) is 0 Å². The number of thiazole rings is 1. The molecule has 102 valence electrons. The third-order valence-electron chi connectivity index (χ3n) is 3.12. The van der Waals surface area contributed by atoms with Crippen LogP contribution in [0.4, 0.5) is 0 Å². The summed E-state index contributed by atoms with van der Waals surface area (Å²) >= 11 is 1.71. The Balaban J connectivity index is 1.91. The zero-order valence-electron chi connectivity index (χ0n) is 11.4. The highest BCUT2D eigenvalue weighted by molar-refractivity contribution is 7.09. The van der Waals surface area contributed by atoms with Crippen LogP contribution in [-0.4, -0.2) is 16.6 Å². The second kappa shape index (κ2) is 6.68. The number of aryl methyl sites for hydroxylation is 1. The Hall–Kier alpha value is -1.39. The summed E-state index contributed by atoms with van der Waals surface area (Å²) in [6, 6.07) is 7.73. The van der Waals surface area contributed by atoms with E-state index in [-0.39, 0.29) is 6.04 Å². The fraction of sp³-hybridized carbons (Fsp3) is 0.400. The van der Waals surface area contributed by atoms with E-state index in [1.54, 1.807) is 17.4 Å². The van der Waals surface area contributed by atoms with E-state index in [1.807, 2.05) is 25.1 Å². The quantitative estimate of drug-likeness (QED) is 0.849. The number of phenols is 1. The fourth-order valence-electron chi connectivity index (χ4n) is 2.13. The summed E-state index contributed by atoms with van der Waals surface area (Å²) < 4.78 is 0. The molecule has 1 aromatic carbocycles. The second-order valence-corrected chi connectivity index (χ2v) is 5.55. The van der Waals surface area contributed by atoms with E-state index in [1.165, 1.54) is 0 Å². The van der Waals surface area contributed by atoms with Crippen LogP contribution in [0, 0.1) is 6.92 Å². The first-order valence-electron chi connectivity index (χ1n) is 6.63. The molecule has 0 saturated carbocycles. The van der Waals surface area contributed by atoms with Crippen LogP contribution in [0.25, 0.3) is 0 Å². The number of para-hydroxylation sites is 1. The lowest BCUT2D eigenvalue weighted by molar-refractivity contribution is 0.442. The lowest BCUT2D eigenvalue weighted by Gasteiger charge is -2.18. The molecule has 0 aliphatic heterocycles. The first-order valence-corrected chi connectivity index (χ1v) is 7.51. The fourth-order valence-corrected chi connectivity index (χ4v) is 2.90. The van der Waals surface area contributed by atoms with Gasteiger partial charge in [0.15, 0.2) is 0 Å². The minimum atomic E-state index is 0.197. The van der Waals surface area contributed by atoms with E-state index in [2.05, 4.69) is 22.6 Å². The van der Waals surface area contributed by atoms with Gasteiger partial charge < -0.3 is 10.4 Å². The van der Waals surface area contributed by atoms with Crippen molar-refractivity contribution in [2.75, 3.05) is 6.54 Å². The summed E-state index contributed by atoms with van der Waals surface area (Å²) in [5.74, 6) is 0.368. The number of nitrogens with zero attached hydrogens (tertiary/aromatic N) is 1. The molecule has 1 unspecified atom stereocenters. The van der Waals surface area contributed by atoms with Crippen LogP contribution in [0.5, 0.6) is 5.75 Å². The number of rotatable bonds is 6. The van der Waals surface area contributed by atoms with Gasteiger partial charge in [0.25, 0.3) is 0 Å². The number of hydrogen-bond acceptors (Lipinski definition) is 4. The van der Waals surface area contributed by atoms with Crippen molar-refractivity contribution in [3.63, 3.8) is 0 Å². The van der Waals surface area contributed by atoms with Crippen LogP contribution in [-0.2, 0) is 6.42 Å². The molecule has 0 fully saturated rings. The predicted molar refractivity (Wildman–Crippen MR) is 79.7 cm³/mol.